The normalized spacial score (nSPS) is 16.9. The van der Waals surface area contributed by atoms with Gasteiger partial charge in [0.05, 0.1) is 48.3 Å². The number of hydrogen-bond donors (Lipinski definition) is 0. The minimum Gasteiger partial charge on any atom is -0.490 e. The first kappa shape index (κ1) is 30.5. The zero-order valence-electron chi connectivity index (χ0n) is 24.1. The van der Waals surface area contributed by atoms with Gasteiger partial charge in [0, 0.05) is 18.1 Å². The molecule has 0 radical (unpaired) electrons. The predicted molar refractivity (Wildman–Crippen MR) is 162 cm³/mol. The van der Waals surface area contributed by atoms with Gasteiger partial charge in [-0.2, -0.15) is 0 Å². The SMILES string of the molecule is CCOC(=O)C1=C(C)N=c2s/c(=C/c3ccc(OCC(=O)N4CCOCC4)c(OCC)c3)c(=O)n2[C@@H]1c1ccc(Cl)cc1. The van der Waals surface area contributed by atoms with E-state index in [-0.39, 0.29) is 24.7 Å². The van der Waals surface area contributed by atoms with E-state index in [9.17, 15) is 14.4 Å². The zero-order chi connectivity index (χ0) is 30.5. The van der Waals surface area contributed by atoms with Crippen LogP contribution in [0.5, 0.6) is 11.5 Å². The molecule has 2 aromatic carbocycles. The summed E-state index contributed by atoms with van der Waals surface area (Å²) in [5.74, 6) is 0.239. The molecule has 1 saturated heterocycles. The van der Waals surface area contributed by atoms with Crippen molar-refractivity contribution in [1.82, 2.24) is 9.47 Å². The fourth-order valence-corrected chi connectivity index (χ4v) is 6.12. The van der Waals surface area contributed by atoms with Crippen molar-refractivity contribution >= 4 is 40.9 Å². The molecular formula is C31H32ClN3O7S. The van der Waals surface area contributed by atoms with E-state index in [1.807, 2.05) is 6.92 Å². The lowest BCUT2D eigenvalue weighted by molar-refractivity contribution is -0.139. The fraction of sp³-hybridized carbons (Fsp3) is 0.355. The largest absolute Gasteiger partial charge is 0.490 e. The molecule has 1 atom stereocenters. The van der Waals surface area contributed by atoms with Crippen LogP contribution >= 0.6 is 22.9 Å². The van der Waals surface area contributed by atoms with E-state index >= 15 is 0 Å². The minimum atomic E-state index is -0.728. The molecule has 12 heteroatoms. The maximum absolute atomic E-state index is 13.9. The standard InChI is InChI=1S/C31H32ClN3O7S/c1-4-40-24-16-20(6-11-23(24)42-18-26(36)34-12-14-39-15-13-34)17-25-29(37)35-28(21-7-9-22(32)10-8-21)27(30(38)41-5-2)19(3)33-31(35)43-25/h6-11,16-17,28H,4-5,12-15,18H2,1-3H3/b25-17+/t28-/m1/s1. The molecule has 3 aromatic rings. The highest BCUT2D eigenvalue weighted by Gasteiger charge is 2.33. The van der Waals surface area contributed by atoms with Crippen LogP contribution in [0, 0.1) is 0 Å². The van der Waals surface area contributed by atoms with Gasteiger partial charge in [-0.25, -0.2) is 9.79 Å². The Morgan fingerprint density at radius 2 is 1.81 bits per heavy atom. The number of morpholine rings is 1. The first-order valence-corrected chi connectivity index (χ1v) is 15.2. The lowest BCUT2D eigenvalue weighted by atomic mass is 9.96. The Morgan fingerprint density at radius 3 is 2.51 bits per heavy atom. The average Bonchev–Trinajstić information content (AvgIpc) is 3.30. The molecule has 0 saturated carbocycles. The summed E-state index contributed by atoms with van der Waals surface area (Å²) in [7, 11) is 0. The van der Waals surface area contributed by atoms with Gasteiger partial charge in [-0.05, 0) is 62.2 Å². The van der Waals surface area contributed by atoms with E-state index < -0.39 is 12.0 Å². The van der Waals surface area contributed by atoms with Crippen molar-refractivity contribution in [2.75, 3.05) is 46.1 Å². The molecule has 1 amide bonds. The highest BCUT2D eigenvalue weighted by atomic mass is 35.5. The first-order chi connectivity index (χ1) is 20.8. The molecule has 2 aliphatic heterocycles. The van der Waals surface area contributed by atoms with Crippen LogP contribution in [0.25, 0.3) is 6.08 Å². The van der Waals surface area contributed by atoms with Crippen LogP contribution in [0.1, 0.15) is 37.9 Å². The summed E-state index contributed by atoms with van der Waals surface area (Å²) >= 11 is 7.36. The van der Waals surface area contributed by atoms with Crippen LogP contribution in [0.15, 0.2) is 63.5 Å². The number of halogens is 1. The second-order valence-electron chi connectivity index (χ2n) is 9.77. The number of esters is 1. The number of thiazole rings is 1. The summed E-state index contributed by atoms with van der Waals surface area (Å²) in [5.41, 5.74) is 1.89. The maximum atomic E-state index is 13.9. The van der Waals surface area contributed by atoms with Crippen LogP contribution in [0.3, 0.4) is 0 Å². The molecule has 0 aliphatic carbocycles. The van der Waals surface area contributed by atoms with Gasteiger partial charge in [-0.15, -0.1) is 0 Å². The van der Waals surface area contributed by atoms with Crippen LogP contribution in [-0.2, 0) is 19.1 Å². The molecule has 5 rings (SSSR count). The number of allylic oxidation sites excluding steroid dienone is 1. The van der Waals surface area contributed by atoms with Gasteiger partial charge in [-0.1, -0.05) is 41.1 Å². The highest BCUT2D eigenvalue weighted by Crippen LogP contribution is 2.32. The van der Waals surface area contributed by atoms with Crippen molar-refractivity contribution in [1.29, 1.82) is 0 Å². The third-order valence-corrected chi connectivity index (χ3v) is 8.22. The van der Waals surface area contributed by atoms with Crippen LogP contribution in [0.4, 0.5) is 0 Å². The maximum Gasteiger partial charge on any atom is 0.338 e. The Hall–Kier alpha value is -3.93. The van der Waals surface area contributed by atoms with E-state index in [1.165, 1.54) is 15.9 Å². The summed E-state index contributed by atoms with van der Waals surface area (Å²) in [6.07, 6.45) is 1.75. The number of nitrogens with zero attached hydrogens (tertiary/aromatic N) is 3. The third-order valence-electron chi connectivity index (χ3n) is 6.98. The second kappa shape index (κ2) is 13.6. The minimum absolute atomic E-state index is 0.120. The number of hydrogen-bond acceptors (Lipinski definition) is 9. The smallest absolute Gasteiger partial charge is 0.338 e. The van der Waals surface area contributed by atoms with Gasteiger partial charge in [0.2, 0.25) is 0 Å². The number of aromatic nitrogens is 1. The summed E-state index contributed by atoms with van der Waals surface area (Å²) < 4.78 is 24.2. The molecule has 2 aliphatic rings. The molecule has 0 unspecified atom stereocenters. The molecule has 43 heavy (non-hydrogen) atoms. The zero-order valence-corrected chi connectivity index (χ0v) is 25.7. The van der Waals surface area contributed by atoms with E-state index in [0.29, 0.717) is 81.2 Å². The van der Waals surface area contributed by atoms with E-state index in [2.05, 4.69) is 4.99 Å². The van der Waals surface area contributed by atoms with E-state index in [0.717, 1.165) is 0 Å². The molecule has 10 nitrogen and oxygen atoms in total. The molecular weight excluding hydrogens is 594 g/mol. The molecule has 0 N–H and O–H groups in total. The molecule has 0 spiro atoms. The predicted octanol–water partition coefficient (Wildman–Crippen LogP) is 3.09. The highest BCUT2D eigenvalue weighted by molar-refractivity contribution is 7.07. The number of carbonyl (C=O) groups is 2. The van der Waals surface area contributed by atoms with E-state index in [1.54, 1.807) is 67.3 Å². The quantitative estimate of drug-likeness (QED) is 0.336. The Bertz CT molecular complexity index is 1720. The van der Waals surface area contributed by atoms with Crippen molar-refractivity contribution in [2.24, 2.45) is 4.99 Å². The summed E-state index contributed by atoms with van der Waals surface area (Å²) in [5, 5.41) is 0.539. The monoisotopic (exact) mass is 625 g/mol. The van der Waals surface area contributed by atoms with Gasteiger partial charge >= 0.3 is 5.97 Å². The van der Waals surface area contributed by atoms with Gasteiger partial charge < -0.3 is 23.8 Å². The average molecular weight is 626 g/mol. The molecule has 3 heterocycles. The number of ether oxygens (including phenoxy) is 4. The van der Waals surface area contributed by atoms with Crippen molar-refractivity contribution in [2.45, 2.75) is 26.8 Å². The van der Waals surface area contributed by atoms with Gasteiger partial charge in [0.15, 0.2) is 22.9 Å². The Morgan fingerprint density at radius 1 is 1.07 bits per heavy atom. The number of benzene rings is 2. The van der Waals surface area contributed by atoms with Crippen molar-refractivity contribution in [3.63, 3.8) is 0 Å². The van der Waals surface area contributed by atoms with Crippen molar-refractivity contribution < 1.29 is 28.5 Å². The molecule has 1 fully saturated rings. The molecule has 226 valence electrons. The van der Waals surface area contributed by atoms with Crippen LogP contribution in [-0.4, -0.2) is 67.5 Å². The number of rotatable bonds is 9. The third kappa shape index (κ3) is 6.69. The second-order valence-corrected chi connectivity index (χ2v) is 11.2. The van der Waals surface area contributed by atoms with Crippen molar-refractivity contribution in [3.05, 3.63) is 89.6 Å². The topological polar surface area (TPSA) is 109 Å². The summed E-state index contributed by atoms with van der Waals surface area (Å²) in [4.78, 5) is 46.3. The van der Waals surface area contributed by atoms with Gasteiger partial charge in [0.25, 0.3) is 11.5 Å². The summed E-state index contributed by atoms with van der Waals surface area (Å²) in [6.45, 7) is 7.89. The lowest BCUT2D eigenvalue weighted by Gasteiger charge is -2.26. The van der Waals surface area contributed by atoms with E-state index in [4.69, 9.17) is 30.5 Å². The molecule has 0 bridgehead atoms. The number of amides is 1. The number of carbonyl (C=O) groups excluding carboxylic acids is 2. The van der Waals surface area contributed by atoms with Crippen LogP contribution in [0.2, 0.25) is 5.02 Å². The van der Waals surface area contributed by atoms with Crippen LogP contribution < -0.4 is 24.4 Å². The van der Waals surface area contributed by atoms with Crippen molar-refractivity contribution in [3.8, 4) is 11.5 Å². The molecule has 1 aromatic heterocycles. The fourth-order valence-electron chi connectivity index (χ4n) is 4.95. The van der Waals surface area contributed by atoms with Gasteiger partial charge in [0.1, 0.15) is 0 Å². The lowest BCUT2D eigenvalue weighted by Crippen LogP contribution is -2.43. The Kier molecular flexibility index (Phi) is 9.64. The number of fused-ring (bicyclic) bond motifs is 1. The summed E-state index contributed by atoms with van der Waals surface area (Å²) in [6, 6.07) is 11.6. The first-order valence-electron chi connectivity index (χ1n) is 14.0. The Balaban J connectivity index is 1.50. The Labute approximate surface area is 257 Å². The van der Waals surface area contributed by atoms with Gasteiger partial charge in [-0.3, -0.25) is 14.2 Å².